The van der Waals surface area contributed by atoms with Gasteiger partial charge in [0.05, 0.1) is 0 Å². The van der Waals surface area contributed by atoms with Crippen LogP contribution in [0, 0.1) is 5.92 Å². The van der Waals surface area contributed by atoms with Crippen molar-refractivity contribution in [1.29, 1.82) is 0 Å². The van der Waals surface area contributed by atoms with Crippen LogP contribution in [0.3, 0.4) is 0 Å². The molecule has 0 aromatic carbocycles. The van der Waals surface area contributed by atoms with Gasteiger partial charge in [-0.1, -0.05) is 0 Å². The van der Waals surface area contributed by atoms with Crippen LogP contribution in [-0.4, -0.2) is 34.7 Å². The molecule has 2 fully saturated rings. The van der Waals surface area contributed by atoms with Crippen molar-refractivity contribution in [2.24, 2.45) is 11.7 Å². The normalized spacial score (nSPS) is 36.1. The van der Waals surface area contributed by atoms with Crippen LogP contribution in [0.5, 0.6) is 0 Å². The summed E-state index contributed by atoms with van der Waals surface area (Å²) in [5.74, 6) is 0.660. The number of nitrogens with zero attached hydrogens (tertiary/aromatic N) is 1. The number of hydrogen-bond acceptors (Lipinski definition) is 2. The molecule has 2 saturated heterocycles. The van der Waals surface area contributed by atoms with Crippen LogP contribution in [0.25, 0.3) is 0 Å². The van der Waals surface area contributed by atoms with Crippen molar-refractivity contribution >= 4 is 6.09 Å². The third kappa shape index (κ3) is 1.59. The highest BCUT2D eigenvalue weighted by Gasteiger charge is 2.42. The van der Waals surface area contributed by atoms with Crippen molar-refractivity contribution in [3.05, 3.63) is 0 Å². The first kappa shape index (κ1) is 9.77. The first-order valence-corrected chi connectivity index (χ1v) is 5.43. The Bertz CT molecular complexity index is 218. The lowest BCUT2D eigenvalue weighted by Crippen LogP contribution is -2.46. The van der Waals surface area contributed by atoms with Crippen LogP contribution in [0.1, 0.15) is 32.1 Å². The Morgan fingerprint density at radius 2 is 1.93 bits per heavy atom. The van der Waals surface area contributed by atoms with E-state index < -0.39 is 6.09 Å². The van der Waals surface area contributed by atoms with E-state index in [-0.39, 0.29) is 12.1 Å². The quantitative estimate of drug-likeness (QED) is 0.702. The molecule has 0 aromatic rings. The summed E-state index contributed by atoms with van der Waals surface area (Å²) in [6, 6.07) is 0.561. The predicted octanol–water partition coefficient (Wildman–Crippen LogP) is 1.26. The van der Waals surface area contributed by atoms with Crippen molar-refractivity contribution in [2.75, 3.05) is 6.54 Å². The molecule has 80 valence electrons. The molecule has 0 aliphatic carbocycles. The molecule has 2 aliphatic heterocycles. The van der Waals surface area contributed by atoms with Gasteiger partial charge in [-0.3, -0.25) is 0 Å². The molecular formula is C10H18N2O2. The Morgan fingerprint density at radius 3 is 2.36 bits per heavy atom. The number of carbonyl (C=O) groups is 1. The summed E-state index contributed by atoms with van der Waals surface area (Å²) in [6.07, 6.45) is 4.49. The SMILES string of the molecule is NCCC1C[C@H]2CC[C@@H](C1)N2C(=O)O. The zero-order valence-electron chi connectivity index (χ0n) is 8.35. The minimum Gasteiger partial charge on any atom is -0.465 e. The number of nitrogens with two attached hydrogens (primary N) is 1. The maximum absolute atomic E-state index is 11.0. The van der Waals surface area contributed by atoms with Gasteiger partial charge in [0.2, 0.25) is 0 Å². The summed E-state index contributed by atoms with van der Waals surface area (Å²) in [5.41, 5.74) is 5.54. The van der Waals surface area contributed by atoms with Gasteiger partial charge >= 0.3 is 6.09 Å². The van der Waals surface area contributed by atoms with Crippen molar-refractivity contribution < 1.29 is 9.90 Å². The number of hydrogen-bond donors (Lipinski definition) is 2. The maximum Gasteiger partial charge on any atom is 0.407 e. The molecule has 3 atom stereocenters. The molecule has 2 aliphatic rings. The number of piperidine rings is 1. The molecule has 1 amide bonds. The Kier molecular flexibility index (Phi) is 2.63. The molecule has 2 bridgehead atoms. The topological polar surface area (TPSA) is 66.6 Å². The van der Waals surface area contributed by atoms with Gasteiger partial charge in [-0.2, -0.15) is 0 Å². The Hall–Kier alpha value is -0.770. The summed E-state index contributed by atoms with van der Waals surface area (Å²) < 4.78 is 0. The molecule has 0 aromatic heterocycles. The van der Waals surface area contributed by atoms with Crippen LogP contribution in [0.4, 0.5) is 4.79 Å². The highest BCUT2D eigenvalue weighted by molar-refractivity contribution is 5.66. The first-order valence-electron chi connectivity index (χ1n) is 5.43. The zero-order chi connectivity index (χ0) is 10.1. The third-order valence-corrected chi connectivity index (χ3v) is 3.63. The van der Waals surface area contributed by atoms with Crippen molar-refractivity contribution in [3.63, 3.8) is 0 Å². The zero-order valence-corrected chi connectivity index (χ0v) is 8.35. The van der Waals surface area contributed by atoms with Crippen LogP contribution < -0.4 is 5.73 Å². The van der Waals surface area contributed by atoms with Gasteiger partial charge in [0, 0.05) is 12.1 Å². The fourth-order valence-corrected chi connectivity index (χ4v) is 3.07. The number of rotatable bonds is 2. The maximum atomic E-state index is 11.0. The second-order valence-corrected chi connectivity index (χ2v) is 4.49. The average molecular weight is 198 g/mol. The summed E-state index contributed by atoms with van der Waals surface area (Å²) in [6.45, 7) is 0.733. The molecule has 2 rings (SSSR count). The standard InChI is InChI=1S/C10H18N2O2/c11-4-3-7-5-8-1-2-9(6-7)12(8)10(13)14/h7-9H,1-6,11H2,(H,13,14)/t7?,8-,9+. The van der Waals surface area contributed by atoms with Gasteiger partial charge in [0.1, 0.15) is 0 Å². The minimum absolute atomic E-state index is 0.280. The average Bonchev–Trinajstić information content (AvgIpc) is 2.39. The monoisotopic (exact) mass is 198 g/mol. The second kappa shape index (κ2) is 3.77. The molecule has 4 heteroatoms. The number of carboxylic acid groups (broad SMARTS) is 1. The number of amides is 1. The molecule has 4 nitrogen and oxygen atoms in total. The van der Waals surface area contributed by atoms with E-state index >= 15 is 0 Å². The van der Waals surface area contributed by atoms with Crippen molar-refractivity contribution in [1.82, 2.24) is 4.90 Å². The van der Waals surface area contributed by atoms with Crippen LogP contribution in [0.15, 0.2) is 0 Å². The molecular weight excluding hydrogens is 180 g/mol. The first-order chi connectivity index (χ1) is 6.72. The van der Waals surface area contributed by atoms with E-state index in [1.807, 2.05) is 0 Å². The lowest BCUT2D eigenvalue weighted by Gasteiger charge is -2.37. The van der Waals surface area contributed by atoms with Crippen molar-refractivity contribution in [3.8, 4) is 0 Å². The largest absolute Gasteiger partial charge is 0.465 e. The van der Waals surface area contributed by atoms with E-state index in [2.05, 4.69) is 0 Å². The second-order valence-electron chi connectivity index (χ2n) is 4.49. The van der Waals surface area contributed by atoms with Gasteiger partial charge in [0.25, 0.3) is 0 Å². The van der Waals surface area contributed by atoms with Gasteiger partial charge in [-0.05, 0) is 44.6 Å². The summed E-state index contributed by atoms with van der Waals surface area (Å²) in [7, 11) is 0. The minimum atomic E-state index is -0.733. The van der Waals surface area contributed by atoms with Crippen LogP contribution >= 0.6 is 0 Å². The lowest BCUT2D eigenvalue weighted by molar-refractivity contribution is 0.0837. The third-order valence-electron chi connectivity index (χ3n) is 3.63. The van der Waals surface area contributed by atoms with Crippen LogP contribution in [-0.2, 0) is 0 Å². The fourth-order valence-electron chi connectivity index (χ4n) is 3.07. The molecule has 3 N–H and O–H groups in total. The van der Waals surface area contributed by atoms with Crippen molar-refractivity contribution in [2.45, 2.75) is 44.2 Å². The van der Waals surface area contributed by atoms with Gasteiger partial charge in [0.15, 0.2) is 0 Å². The fraction of sp³-hybridized carbons (Fsp3) is 0.900. The Balaban J connectivity index is 2.01. The Morgan fingerprint density at radius 1 is 1.36 bits per heavy atom. The van der Waals surface area contributed by atoms with Gasteiger partial charge in [-0.25, -0.2) is 4.79 Å². The van der Waals surface area contributed by atoms with E-state index in [4.69, 9.17) is 10.8 Å². The lowest BCUT2D eigenvalue weighted by atomic mass is 9.88. The molecule has 1 unspecified atom stereocenters. The smallest absolute Gasteiger partial charge is 0.407 e. The predicted molar refractivity (Wildman–Crippen MR) is 53.1 cm³/mol. The highest BCUT2D eigenvalue weighted by atomic mass is 16.4. The molecule has 0 saturated carbocycles. The number of fused-ring (bicyclic) bond motifs is 2. The van der Waals surface area contributed by atoms with E-state index in [1.54, 1.807) is 4.90 Å². The summed E-state index contributed by atoms with van der Waals surface area (Å²) in [5, 5.41) is 9.04. The molecule has 14 heavy (non-hydrogen) atoms. The Labute approximate surface area is 84.1 Å². The molecule has 0 radical (unpaired) electrons. The van der Waals surface area contributed by atoms with E-state index in [1.165, 1.54) is 0 Å². The van der Waals surface area contributed by atoms with Crippen LogP contribution in [0.2, 0.25) is 0 Å². The van der Waals surface area contributed by atoms with Gasteiger partial charge < -0.3 is 15.7 Å². The van der Waals surface area contributed by atoms with Gasteiger partial charge in [-0.15, -0.1) is 0 Å². The summed E-state index contributed by atoms with van der Waals surface area (Å²) in [4.78, 5) is 12.7. The van der Waals surface area contributed by atoms with E-state index in [0.717, 1.165) is 38.6 Å². The molecule has 0 spiro atoms. The van der Waals surface area contributed by atoms with E-state index in [0.29, 0.717) is 5.92 Å². The highest BCUT2D eigenvalue weighted by Crippen LogP contribution is 2.39. The van der Waals surface area contributed by atoms with E-state index in [9.17, 15) is 4.79 Å². The molecule has 2 heterocycles. The summed E-state index contributed by atoms with van der Waals surface area (Å²) >= 11 is 0.